The number of aliphatic hydroxyl groups is 8. The molecule has 2 fully saturated rings. The van der Waals surface area contributed by atoms with E-state index in [4.69, 9.17) is 18.9 Å². The third kappa shape index (κ3) is 44.4. The summed E-state index contributed by atoms with van der Waals surface area (Å²) >= 11 is 0. The number of amides is 1. The summed E-state index contributed by atoms with van der Waals surface area (Å²) in [6.07, 6.45) is 57.1. The quantitative estimate of drug-likeness (QED) is 0.0259. The van der Waals surface area contributed by atoms with Crippen molar-refractivity contribution < 1.29 is 64.6 Å². The van der Waals surface area contributed by atoms with Crippen LogP contribution in [0.15, 0.2) is 0 Å². The lowest BCUT2D eigenvalue weighted by atomic mass is 9.97. The number of unbranched alkanes of at least 4 members (excludes halogenated alkanes) is 53. The molecule has 14 heteroatoms. The molecule has 0 aromatic heterocycles. The fraction of sp³-hybridized carbons (Fsp3) is 0.987. The molecule has 2 aliphatic heterocycles. The molecular weight excluding hydrogens is 1120 g/mol. The highest BCUT2D eigenvalue weighted by Gasteiger charge is 2.51. The summed E-state index contributed by atoms with van der Waals surface area (Å²) < 4.78 is 23.0. The molecule has 2 rings (SSSR count). The lowest BCUT2D eigenvalue weighted by molar-refractivity contribution is -0.359. The maximum Gasteiger partial charge on any atom is 0.220 e. The van der Waals surface area contributed by atoms with Crippen LogP contribution < -0.4 is 5.32 Å². The first-order valence-corrected chi connectivity index (χ1v) is 38.8. The van der Waals surface area contributed by atoms with Crippen LogP contribution in [0.25, 0.3) is 0 Å². The summed E-state index contributed by atoms with van der Waals surface area (Å²) in [7, 11) is 0. The van der Waals surface area contributed by atoms with Crippen molar-refractivity contribution in [3.63, 3.8) is 0 Å². The largest absolute Gasteiger partial charge is 0.394 e. The zero-order chi connectivity index (χ0) is 64.5. The van der Waals surface area contributed by atoms with Gasteiger partial charge in [0.1, 0.15) is 48.8 Å². The molecule has 89 heavy (non-hydrogen) atoms. The van der Waals surface area contributed by atoms with E-state index >= 15 is 0 Å². The normalized spacial score (nSPS) is 22.9. The molecule has 12 atom stereocenters. The molecule has 0 saturated carbocycles. The van der Waals surface area contributed by atoms with E-state index in [1.165, 1.54) is 302 Å². The fourth-order valence-electron chi connectivity index (χ4n) is 13.4. The summed E-state index contributed by atoms with van der Waals surface area (Å²) in [6, 6.07) is -0.825. The minimum Gasteiger partial charge on any atom is -0.394 e. The highest BCUT2D eigenvalue weighted by atomic mass is 16.7. The maximum atomic E-state index is 13.4. The number of aliphatic hydroxyl groups excluding tert-OH is 8. The first kappa shape index (κ1) is 84.1. The Morgan fingerprint density at radius 3 is 0.955 bits per heavy atom. The van der Waals surface area contributed by atoms with Crippen molar-refractivity contribution in [2.75, 3.05) is 19.8 Å². The van der Waals surface area contributed by atoms with E-state index < -0.39 is 86.8 Å². The van der Waals surface area contributed by atoms with Crippen LogP contribution in [0, 0.1) is 0 Å². The number of hydrogen-bond acceptors (Lipinski definition) is 13. The van der Waals surface area contributed by atoms with Gasteiger partial charge in [0.15, 0.2) is 12.6 Å². The van der Waals surface area contributed by atoms with Crippen molar-refractivity contribution in [3.05, 3.63) is 0 Å². The van der Waals surface area contributed by atoms with Crippen LogP contribution >= 0.6 is 0 Å². The molecule has 0 aromatic carbocycles. The van der Waals surface area contributed by atoms with Crippen LogP contribution in [0.3, 0.4) is 0 Å². The van der Waals surface area contributed by atoms with Gasteiger partial charge in [-0.25, -0.2) is 0 Å². The van der Waals surface area contributed by atoms with Crippen LogP contribution in [0.2, 0.25) is 0 Å². The van der Waals surface area contributed by atoms with Crippen molar-refractivity contribution in [2.45, 2.75) is 453 Å². The zero-order valence-corrected chi connectivity index (χ0v) is 58.0. The molecular formula is C75H147NO13. The minimum absolute atomic E-state index is 0.195. The second-order valence-electron chi connectivity index (χ2n) is 27.9. The van der Waals surface area contributed by atoms with Gasteiger partial charge in [-0.1, -0.05) is 361 Å². The van der Waals surface area contributed by atoms with Crippen molar-refractivity contribution in [1.82, 2.24) is 5.32 Å². The van der Waals surface area contributed by atoms with Gasteiger partial charge >= 0.3 is 0 Å². The van der Waals surface area contributed by atoms with Gasteiger partial charge in [-0.3, -0.25) is 4.79 Å². The van der Waals surface area contributed by atoms with Crippen molar-refractivity contribution in [3.8, 4) is 0 Å². The topological polar surface area (TPSA) is 228 Å². The fourth-order valence-corrected chi connectivity index (χ4v) is 13.4. The van der Waals surface area contributed by atoms with Crippen molar-refractivity contribution >= 4 is 5.91 Å². The molecule has 2 heterocycles. The Bertz CT molecular complexity index is 1500. The van der Waals surface area contributed by atoms with E-state index in [2.05, 4.69) is 19.2 Å². The second-order valence-corrected chi connectivity index (χ2v) is 27.9. The Labute approximate surface area is 546 Å². The number of carbonyl (C=O) groups is 1. The van der Waals surface area contributed by atoms with Crippen LogP contribution in [-0.2, 0) is 23.7 Å². The average molecular weight is 1270 g/mol. The Hall–Kier alpha value is -1.01. The van der Waals surface area contributed by atoms with Crippen LogP contribution in [0.1, 0.15) is 380 Å². The van der Waals surface area contributed by atoms with Gasteiger partial charge in [-0.15, -0.1) is 0 Å². The molecule has 2 saturated heterocycles. The zero-order valence-electron chi connectivity index (χ0n) is 58.0. The van der Waals surface area contributed by atoms with Gasteiger partial charge in [-0.2, -0.15) is 0 Å². The molecule has 2 aliphatic rings. The lowest BCUT2D eigenvalue weighted by Gasteiger charge is -2.46. The lowest BCUT2D eigenvalue weighted by Crippen LogP contribution is -2.65. The number of hydrogen-bond donors (Lipinski definition) is 9. The van der Waals surface area contributed by atoms with Crippen molar-refractivity contribution in [2.24, 2.45) is 0 Å². The molecule has 0 aromatic rings. The summed E-state index contributed by atoms with van der Waals surface area (Å²) in [4.78, 5) is 13.4. The molecule has 1 amide bonds. The molecule has 530 valence electrons. The van der Waals surface area contributed by atoms with Crippen LogP contribution in [0.5, 0.6) is 0 Å². The van der Waals surface area contributed by atoms with Gasteiger partial charge < -0.3 is 65.1 Å². The second kappa shape index (κ2) is 60.6. The molecule has 0 bridgehead atoms. The van der Waals surface area contributed by atoms with Gasteiger partial charge in [0.2, 0.25) is 5.91 Å². The third-order valence-corrected chi connectivity index (χ3v) is 19.6. The summed E-state index contributed by atoms with van der Waals surface area (Å²) in [5.74, 6) is -0.195. The van der Waals surface area contributed by atoms with Crippen molar-refractivity contribution in [1.29, 1.82) is 0 Å². The molecule has 0 aliphatic carbocycles. The van der Waals surface area contributed by atoms with Crippen LogP contribution in [0.4, 0.5) is 0 Å². The summed E-state index contributed by atoms with van der Waals surface area (Å²) in [6.45, 7) is 2.94. The van der Waals surface area contributed by atoms with Gasteiger partial charge in [0.05, 0.1) is 32.0 Å². The standard InChI is InChI=1S/C75H147NO13/c1-3-5-7-9-11-13-15-17-19-21-23-25-27-29-31-32-33-35-37-39-41-43-45-47-49-51-53-55-57-59-67(80)76-63(62-86-74-72(85)70(83)73(66(61-78)88-74)89-75-71(84)69(82)68(81)65(60-77)87-75)64(79)58-56-54-52-50-48-46-44-42-40-38-36-34-30-28-26-24-22-20-18-16-14-12-10-8-6-4-2/h63-66,68-75,77-79,81-85H,3-62H2,1-2H3,(H,76,80). The highest BCUT2D eigenvalue weighted by molar-refractivity contribution is 5.76. The molecule has 0 radical (unpaired) electrons. The number of nitrogens with one attached hydrogen (secondary N) is 1. The van der Waals surface area contributed by atoms with E-state index in [0.29, 0.717) is 12.8 Å². The predicted molar refractivity (Wildman–Crippen MR) is 365 cm³/mol. The van der Waals surface area contributed by atoms with E-state index in [9.17, 15) is 45.6 Å². The first-order chi connectivity index (χ1) is 43.6. The van der Waals surface area contributed by atoms with Crippen LogP contribution in [-0.4, -0.2) is 140 Å². The Balaban J connectivity index is 1.62. The van der Waals surface area contributed by atoms with E-state index in [1.807, 2.05) is 0 Å². The Kier molecular flexibility index (Phi) is 57.3. The Morgan fingerprint density at radius 1 is 0.360 bits per heavy atom. The maximum absolute atomic E-state index is 13.4. The predicted octanol–water partition coefficient (Wildman–Crippen LogP) is 16.7. The molecule has 9 N–H and O–H groups in total. The summed E-state index contributed by atoms with van der Waals surface area (Å²) in [5, 5.41) is 87.8. The van der Waals surface area contributed by atoms with Gasteiger partial charge in [0, 0.05) is 6.42 Å². The smallest absolute Gasteiger partial charge is 0.220 e. The number of carbonyl (C=O) groups excluding carboxylic acids is 1. The molecule has 14 nitrogen and oxygen atoms in total. The van der Waals surface area contributed by atoms with E-state index in [0.717, 1.165) is 51.4 Å². The number of ether oxygens (including phenoxy) is 4. The highest BCUT2D eigenvalue weighted by Crippen LogP contribution is 2.30. The Morgan fingerprint density at radius 2 is 0.640 bits per heavy atom. The van der Waals surface area contributed by atoms with Gasteiger partial charge in [-0.05, 0) is 12.8 Å². The minimum atomic E-state index is -1.78. The molecule has 12 unspecified atom stereocenters. The number of rotatable bonds is 66. The molecule has 0 spiro atoms. The van der Waals surface area contributed by atoms with E-state index in [-0.39, 0.29) is 12.5 Å². The SMILES string of the molecule is CCCCCCCCCCCCCCCCCCCCCCCCCCCCCCCC(=O)NC(COC1OC(CO)C(OC2OC(CO)C(O)C(O)C2O)C(O)C1O)C(O)CCCCCCCCCCCCCCCCCCCCCCCCCCCC. The monoisotopic (exact) mass is 1270 g/mol. The first-order valence-electron chi connectivity index (χ1n) is 38.8. The summed E-state index contributed by atoms with van der Waals surface area (Å²) in [5.41, 5.74) is 0. The van der Waals surface area contributed by atoms with E-state index in [1.54, 1.807) is 0 Å². The third-order valence-electron chi connectivity index (χ3n) is 19.6. The average Bonchev–Trinajstić information content (AvgIpc) is 2.51. The van der Waals surface area contributed by atoms with Gasteiger partial charge in [0.25, 0.3) is 0 Å².